The summed E-state index contributed by atoms with van der Waals surface area (Å²) in [6.07, 6.45) is 0. The molecule has 1 aromatic rings. The molecule has 0 saturated heterocycles. The van der Waals surface area contributed by atoms with Crippen molar-refractivity contribution in [2.75, 3.05) is 7.11 Å². The van der Waals surface area contributed by atoms with Gasteiger partial charge in [-0.1, -0.05) is 25.4 Å². The third-order valence-corrected chi connectivity index (χ3v) is 2.18. The van der Waals surface area contributed by atoms with Gasteiger partial charge in [0.2, 0.25) is 0 Å². The van der Waals surface area contributed by atoms with E-state index >= 15 is 0 Å². The van der Waals surface area contributed by atoms with E-state index in [0.29, 0.717) is 11.3 Å². The van der Waals surface area contributed by atoms with E-state index in [9.17, 15) is 4.39 Å². The van der Waals surface area contributed by atoms with Gasteiger partial charge < -0.3 is 4.74 Å². The first-order valence-corrected chi connectivity index (χ1v) is 4.47. The Kier molecular flexibility index (Phi) is 3.15. The summed E-state index contributed by atoms with van der Waals surface area (Å²) in [7, 11) is 1.52. The molecule has 1 aromatic carbocycles. The van der Waals surface area contributed by atoms with Gasteiger partial charge in [0.05, 0.1) is 12.1 Å². The Morgan fingerprint density at radius 2 is 2.00 bits per heavy atom. The Hall–Kier alpha value is -0.760. The largest absolute Gasteiger partial charge is 0.496 e. The quantitative estimate of drug-likeness (QED) is 0.712. The van der Waals surface area contributed by atoms with Gasteiger partial charge >= 0.3 is 0 Å². The van der Waals surface area contributed by atoms with Crippen LogP contribution in [0.3, 0.4) is 0 Å². The lowest BCUT2D eigenvalue weighted by atomic mass is 10.0. The second kappa shape index (κ2) is 3.97. The monoisotopic (exact) mass is 202 g/mol. The van der Waals surface area contributed by atoms with Gasteiger partial charge in [-0.15, -0.1) is 0 Å². The zero-order valence-corrected chi connectivity index (χ0v) is 8.65. The van der Waals surface area contributed by atoms with Gasteiger partial charge in [-0.05, 0) is 18.1 Å². The molecule has 1 rings (SSSR count). The van der Waals surface area contributed by atoms with Gasteiger partial charge in [-0.2, -0.15) is 0 Å². The molecule has 0 atom stereocenters. The fraction of sp³-hybridized carbons (Fsp3) is 0.400. The van der Waals surface area contributed by atoms with Crippen LogP contribution in [0.1, 0.15) is 25.3 Å². The molecule has 0 amide bonds. The molecule has 0 aliphatic rings. The minimum atomic E-state index is -0.379. The molecular formula is C10H12ClFO. The van der Waals surface area contributed by atoms with Crippen molar-refractivity contribution in [1.29, 1.82) is 0 Å². The highest BCUT2D eigenvalue weighted by Crippen LogP contribution is 2.32. The highest BCUT2D eigenvalue weighted by atomic mass is 35.5. The maximum Gasteiger partial charge on any atom is 0.148 e. The molecule has 0 spiro atoms. The highest BCUT2D eigenvalue weighted by Gasteiger charge is 2.15. The molecule has 0 aliphatic carbocycles. The minimum absolute atomic E-state index is 0.0636. The van der Waals surface area contributed by atoms with E-state index in [4.69, 9.17) is 16.3 Å². The minimum Gasteiger partial charge on any atom is -0.496 e. The van der Waals surface area contributed by atoms with Crippen molar-refractivity contribution in [3.05, 3.63) is 28.5 Å². The molecule has 3 heteroatoms. The lowest BCUT2D eigenvalue weighted by Crippen LogP contribution is -1.98. The van der Waals surface area contributed by atoms with E-state index in [1.165, 1.54) is 13.2 Å². The SMILES string of the molecule is COc1ccc(Cl)c(F)c1C(C)C. The zero-order valence-electron chi connectivity index (χ0n) is 7.90. The molecule has 0 fully saturated rings. The lowest BCUT2D eigenvalue weighted by Gasteiger charge is -2.13. The first-order valence-electron chi connectivity index (χ1n) is 4.09. The fourth-order valence-corrected chi connectivity index (χ4v) is 1.43. The summed E-state index contributed by atoms with van der Waals surface area (Å²) in [5.74, 6) is 0.238. The Balaban J connectivity index is 3.32. The number of benzene rings is 1. The fourth-order valence-electron chi connectivity index (χ4n) is 1.26. The van der Waals surface area contributed by atoms with Crippen LogP contribution in [-0.2, 0) is 0 Å². The van der Waals surface area contributed by atoms with Crippen LogP contribution in [0.2, 0.25) is 5.02 Å². The number of ether oxygens (including phenoxy) is 1. The molecule has 0 aromatic heterocycles. The van der Waals surface area contributed by atoms with E-state index in [1.807, 2.05) is 13.8 Å². The predicted molar refractivity (Wildman–Crippen MR) is 52.1 cm³/mol. The number of hydrogen-bond acceptors (Lipinski definition) is 1. The summed E-state index contributed by atoms with van der Waals surface area (Å²) in [6.45, 7) is 3.80. The number of halogens is 2. The maximum absolute atomic E-state index is 13.5. The van der Waals surface area contributed by atoms with Gasteiger partial charge in [0, 0.05) is 5.56 Å². The first-order chi connectivity index (χ1) is 6.07. The van der Waals surface area contributed by atoms with E-state index in [-0.39, 0.29) is 16.8 Å². The van der Waals surface area contributed by atoms with Gasteiger partial charge in [-0.25, -0.2) is 4.39 Å². The summed E-state index contributed by atoms with van der Waals surface area (Å²) in [5.41, 5.74) is 0.537. The van der Waals surface area contributed by atoms with Gasteiger partial charge in [0.15, 0.2) is 0 Å². The lowest BCUT2D eigenvalue weighted by molar-refractivity contribution is 0.401. The summed E-state index contributed by atoms with van der Waals surface area (Å²) in [4.78, 5) is 0. The number of rotatable bonds is 2. The van der Waals surface area contributed by atoms with E-state index in [1.54, 1.807) is 6.07 Å². The molecule has 0 heterocycles. The van der Waals surface area contributed by atoms with Gasteiger partial charge in [0.1, 0.15) is 11.6 Å². The molecule has 0 radical (unpaired) electrons. The topological polar surface area (TPSA) is 9.23 Å². The van der Waals surface area contributed by atoms with Crippen molar-refractivity contribution in [3.63, 3.8) is 0 Å². The maximum atomic E-state index is 13.5. The molecule has 72 valence electrons. The van der Waals surface area contributed by atoms with E-state index in [2.05, 4.69) is 0 Å². The van der Waals surface area contributed by atoms with Crippen molar-refractivity contribution in [1.82, 2.24) is 0 Å². The smallest absolute Gasteiger partial charge is 0.148 e. The molecule has 0 aliphatic heterocycles. The summed E-state index contributed by atoms with van der Waals surface area (Å²) in [5, 5.41) is 0.143. The normalized spacial score (nSPS) is 10.6. The van der Waals surface area contributed by atoms with E-state index in [0.717, 1.165) is 0 Å². The number of methoxy groups -OCH3 is 1. The van der Waals surface area contributed by atoms with Gasteiger partial charge in [0.25, 0.3) is 0 Å². The highest BCUT2D eigenvalue weighted by molar-refractivity contribution is 6.30. The molecule has 1 nitrogen and oxygen atoms in total. The third kappa shape index (κ3) is 1.94. The van der Waals surface area contributed by atoms with Crippen molar-refractivity contribution < 1.29 is 9.13 Å². The second-order valence-corrected chi connectivity index (χ2v) is 3.54. The molecule has 0 unspecified atom stereocenters. The number of hydrogen-bond donors (Lipinski definition) is 0. The summed E-state index contributed by atoms with van der Waals surface area (Å²) in [6, 6.07) is 3.18. The molecular weight excluding hydrogens is 191 g/mol. The summed E-state index contributed by atoms with van der Waals surface area (Å²) < 4.78 is 18.5. The van der Waals surface area contributed by atoms with Crippen molar-refractivity contribution >= 4 is 11.6 Å². The van der Waals surface area contributed by atoms with Crippen molar-refractivity contribution in [2.45, 2.75) is 19.8 Å². The van der Waals surface area contributed by atoms with Crippen molar-refractivity contribution in [3.8, 4) is 5.75 Å². The van der Waals surface area contributed by atoms with Crippen LogP contribution >= 0.6 is 11.6 Å². The van der Waals surface area contributed by atoms with Crippen molar-refractivity contribution in [2.24, 2.45) is 0 Å². The van der Waals surface area contributed by atoms with E-state index < -0.39 is 0 Å². The Bertz CT molecular complexity index is 310. The van der Waals surface area contributed by atoms with Crippen LogP contribution in [0.5, 0.6) is 5.75 Å². The van der Waals surface area contributed by atoms with Crippen LogP contribution in [0.15, 0.2) is 12.1 Å². The van der Waals surface area contributed by atoms with Crippen LogP contribution < -0.4 is 4.74 Å². The van der Waals surface area contributed by atoms with Crippen LogP contribution in [0, 0.1) is 5.82 Å². The van der Waals surface area contributed by atoms with Gasteiger partial charge in [-0.3, -0.25) is 0 Å². The van der Waals surface area contributed by atoms with Crippen LogP contribution in [0.25, 0.3) is 0 Å². The average molecular weight is 203 g/mol. The Morgan fingerprint density at radius 3 is 2.46 bits per heavy atom. The molecule has 0 bridgehead atoms. The molecule has 0 N–H and O–H groups in total. The standard InChI is InChI=1S/C10H12ClFO/c1-6(2)9-8(13-3)5-4-7(11)10(9)12/h4-6H,1-3H3. The van der Waals surface area contributed by atoms with Crippen LogP contribution in [-0.4, -0.2) is 7.11 Å². The van der Waals surface area contributed by atoms with Crippen LogP contribution in [0.4, 0.5) is 4.39 Å². The molecule has 0 saturated carbocycles. The zero-order chi connectivity index (χ0) is 10.0. The Morgan fingerprint density at radius 1 is 1.38 bits per heavy atom. The Labute approximate surface area is 82.5 Å². The predicted octanol–water partition coefficient (Wildman–Crippen LogP) is 3.61. The second-order valence-electron chi connectivity index (χ2n) is 3.13. The first kappa shape index (κ1) is 10.3. The average Bonchev–Trinajstić information content (AvgIpc) is 2.08. The third-order valence-electron chi connectivity index (χ3n) is 1.89. The molecule has 13 heavy (non-hydrogen) atoms. The summed E-state index contributed by atoms with van der Waals surface area (Å²) >= 11 is 5.66.